The fourth-order valence-electron chi connectivity index (χ4n) is 4.63. The van der Waals surface area contributed by atoms with Crippen LogP contribution in [0.2, 0.25) is 0 Å². The third-order valence-electron chi connectivity index (χ3n) is 6.41. The Balaban J connectivity index is 1.31. The van der Waals surface area contributed by atoms with Gasteiger partial charge in [-0.25, -0.2) is 14.6 Å². The lowest BCUT2D eigenvalue weighted by molar-refractivity contribution is -0.119. The number of benzene rings is 2. The SMILES string of the molecule is CCOC(=O)c1c(NC(=O)COC(=O)c2ccccc2-c2nc3ccccc3o2)sc2c1CCCCCC2. The fourth-order valence-corrected chi connectivity index (χ4v) is 5.93. The second kappa shape index (κ2) is 11.6. The molecule has 0 bridgehead atoms. The summed E-state index contributed by atoms with van der Waals surface area (Å²) in [5.41, 5.74) is 3.37. The molecule has 5 rings (SSSR count). The maximum Gasteiger partial charge on any atom is 0.341 e. The number of hydrogen-bond acceptors (Lipinski definition) is 8. The molecule has 1 amide bonds. The van der Waals surface area contributed by atoms with Crippen molar-refractivity contribution >= 4 is 45.3 Å². The van der Waals surface area contributed by atoms with Crippen LogP contribution in [0.1, 0.15) is 63.8 Å². The van der Waals surface area contributed by atoms with Crippen molar-refractivity contribution in [3.05, 3.63) is 70.1 Å². The zero-order valence-electron chi connectivity index (χ0n) is 21.1. The monoisotopic (exact) mass is 532 g/mol. The maximum absolute atomic E-state index is 13.0. The first kappa shape index (κ1) is 25.7. The molecular weight excluding hydrogens is 504 g/mol. The quantitative estimate of drug-likeness (QED) is 0.283. The van der Waals surface area contributed by atoms with Gasteiger partial charge in [-0.3, -0.25) is 4.79 Å². The van der Waals surface area contributed by atoms with Crippen molar-refractivity contribution in [1.29, 1.82) is 0 Å². The zero-order chi connectivity index (χ0) is 26.5. The number of hydrogen-bond donors (Lipinski definition) is 1. The predicted molar refractivity (Wildman–Crippen MR) is 145 cm³/mol. The molecule has 0 fully saturated rings. The van der Waals surface area contributed by atoms with E-state index in [4.69, 9.17) is 13.9 Å². The van der Waals surface area contributed by atoms with Crippen molar-refractivity contribution in [3.8, 4) is 11.5 Å². The molecule has 0 saturated heterocycles. The highest BCUT2D eigenvalue weighted by atomic mass is 32.1. The molecule has 0 radical (unpaired) electrons. The van der Waals surface area contributed by atoms with Gasteiger partial charge in [0.1, 0.15) is 10.5 Å². The number of ether oxygens (including phenoxy) is 2. The lowest BCUT2D eigenvalue weighted by Gasteiger charge is -2.11. The largest absolute Gasteiger partial charge is 0.462 e. The van der Waals surface area contributed by atoms with Gasteiger partial charge in [-0.1, -0.05) is 37.1 Å². The fraction of sp³-hybridized carbons (Fsp3) is 0.310. The summed E-state index contributed by atoms with van der Waals surface area (Å²) in [6, 6.07) is 14.1. The Morgan fingerprint density at radius 1 is 0.947 bits per heavy atom. The van der Waals surface area contributed by atoms with E-state index in [1.165, 1.54) is 11.3 Å². The highest BCUT2D eigenvalue weighted by Gasteiger charge is 2.27. The standard InChI is InChI=1S/C29H28N2O6S/c1-2-35-29(34)25-20-13-5-3-4-6-16-23(20)38-27(25)31-24(32)17-36-28(33)19-12-8-7-11-18(19)26-30-21-14-9-10-15-22(21)37-26/h7-12,14-15H,2-6,13,16-17H2,1H3,(H,31,32). The van der Waals surface area contributed by atoms with Gasteiger partial charge < -0.3 is 19.2 Å². The Kier molecular flexibility index (Phi) is 7.83. The number of carbonyl (C=O) groups is 3. The van der Waals surface area contributed by atoms with E-state index in [0.29, 0.717) is 33.1 Å². The lowest BCUT2D eigenvalue weighted by Crippen LogP contribution is -2.22. The van der Waals surface area contributed by atoms with Crippen LogP contribution in [0, 0.1) is 0 Å². The van der Waals surface area contributed by atoms with Gasteiger partial charge in [0.05, 0.1) is 23.3 Å². The van der Waals surface area contributed by atoms with E-state index >= 15 is 0 Å². The minimum atomic E-state index is -0.679. The number of esters is 2. The average molecular weight is 533 g/mol. The van der Waals surface area contributed by atoms with Gasteiger partial charge in [0, 0.05) is 4.88 Å². The summed E-state index contributed by atoms with van der Waals surface area (Å²) < 4.78 is 16.5. The number of anilines is 1. The summed E-state index contributed by atoms with van der Waals surface area (Å²) in [7, 11) is 0. The number of nitrogens with zero attached hydrogens (tertiary/aromatic N) is 1. The number of para-hydroxylation sites is 2. The molecule has 0 unspecified atom stereocenters. The molecule has 4 aromatic rings. The number of nitrogens with one attached hydrogen (secondary N) is 1. The number of thiophene rings is 1. The van der Waals surface area contributed by atoms with Crippen molar-refractivity contribution in [1.82, 2.24) is 4.98 Å². The lowest BCUT2D eigenvalue weighted by atomic mass is 9.96. The summed E-state index contributed by atoms with van der Waals surface area (Å²) in [4.78, 5) is 44.2. The van der Waals surface area contributed by atoms with E-state index in [2.05, 4.69) is 10.3 Å². The van der Waals surface area contributed by atoms with E-state index in [1.54, 1.807) is 37.3 Å². The molecule has 1 N–H and O–H groups in total. The molecule has 2 aromatic carbocycles. The van der Waals surface area contributed by atoms with Crippen LogP contribution < -0.4 is 5.32 Å². The Morgan fingerprint density at radius 2 is 1.71 bits per heavy atom. The van der Waals surface area contributed by atoms with E-state index in [0.717, 1.165) is 49.0 Å². The molecule has 8 nitrogen and oxygen atoms in total. The van der Waals surface area contributed by atoms with Crippen molar-refractivity contribution < 1.29 is 28.3 Å². The molecule has 2 aromatic heterocycles. The number of rotatable bonds is 7. The van der Waals surface area contributed by atoms with Gasteiger partial charge in [0.15, 0.2) is 12.2 Å². The maximum atomic E-state index is 13.0. The number of aryl methyl sites for hydroxylation is 1. The third kappa shape index (κ3) is 5.47. The second-order valence-electron chi connectivity index (χ2n) is 9.00. The van der Waals surface area contributed by atoms with E-state index < -0.39 is 24.5 Å². The Labute approximate surface area is 224 Å². The molecule has 38 heavy (non-hydrogen) atoms. The van der Waals surface area contributed by atoms with Crippen LogP contribution in [-0.2, 0) is 27.1 Å². The first-order valence-electron chi connectivity index (χ1n) is 12.8. The molecule has 0 spiro atoms. The minimum absolute atomic E-state index is 0.234. The second-order valence-corrected chi connectivity index (χ2v) is 10.1. The van der Waals surface area contributed by atoms with Crippen LogP contribution in [0.5, 0.6) is 0 Å². The van der Waals surface area contributed by atoms with Gasteiger partial charge in [-0.05, 0) is 62.4 Å². The number of oxazole rings is 1. The minimum Gasteiger partial charge on any atom is -0.462 e. The van der Waals surface area contributed by atoms with Crippen LogP contribution >= 0.6 is 11.3 Å². The molecule has 0 atom stereocenters. The molecular formula is C29H28N2O6S. The average Bonchev–Trinajstić information content (AvgIpc) is 3.48. The third-order valence-corrected chi connectivity index (χ3v) is 7.62. The molecule has 2 heterocycles. The Bertz CT molecular complexity index is 1450. The Morgan fingerprint density at radius 3 is 2.53 bits per heavy atom. The molecule has 196 valence electrons. The summed E-state index contributed by atoms with van der Waals surface area (Å²) in [6.45, 7) is 1.49. The summed E-state index contributed by atoms with van der Waals surface area (Å²) in [6.07, 6.45) is 5.93. The van der Waals surface area contributed by atoms with Gasteiger partial charge in [0.25, 0.3) is 5.91 Å². The molecule has 1 aliphatic rings. The molecule has 1 aliphatic carbocycles. The van der Waals surface area contributed by atoms with E-state index in [9.17, 15) is 14.4 Å². The van der Waals surface area contributed by atoms with Gasteiger partial charge in [-0.2, -0.15) is 0 Å². The number of carbonyl (C=O) groups excluding carboxylic acids is 3. The van der Waals surface area contributed by atoms with Gasteiger partial charge in [-0.15, -0.1) is 11.3 Å². The zero-order valence-corrected chi connectivity index (χ0v) is 21.9. The summed E-state index contributed by atoms with van der Waals surface area (Å²) in [5.74, 6) is -1.36. The van der Waals surface area contributed by atoms with E-state index in [1.807, 2.05) is 18.2 Å². The molecule has 0 aliphatic heterocycles. The smallest absolute Gasteiger partial charge is 0.341 e. The first-order valence-corrected chi connectivity index (χ1v) is 13.6. The highest BCUT2D eigenvalue weighted by molar-refractivity contribution is 7.17. The normalized spacial score (nSPS) is 13.3. The van der Waals surface area contributed by atoms with Crippen LogP contribution in [0.25, 0.3) is 22.6 Å². The van der Waals surface area contributed by atoms with Gasteiger partial charge >= 0.3 is 11.9 Å². The topological polar surface area (TPSA) is 108 Å². The van der Waals surface area contributed by atoms with Crippen molar-refractivity contribution in [3.63, 3.8) is 0 Å². The molecule has 9 heteroatoms. The van der Waals surface area contributed by atoms with Crippen LogP contribution in [0.15, 0.2) is 52.9 Å². The predicted octanol–water partition coefficient (Wildman–Crippen LogP) is 6.19. The number of aromatic nitrogens is 1. The summed E-state index contributed by atoms with van der Waals surface area (Å²) >= 11 is 1.41. The number of fused-ring (bicyclic) bond motifs is 2. The van der Waals surface area contributed by atoms with Crippen LogP contribution in [0.4, 0.5) is 5.00 Å². The van der Waals surface area contributed by atoms with Crippen LogP contribution in [-0.4, -0.2) is 36.0 Å². The van der Waals surface area contributed by atoms with Crippen molar-refractivity contribution in [2.75, 3.05) is 18.5 Å². The molecule has 0 saturated carbocycles. The summed E-state index contributed by atoms with van der Waals surface area (Å²) in [5, 5.41) is 3.24. The van der Waals surface area contributed by atoms with Crippen molar-refractivity contribution in [2.24, 2.45) is 0 Å². The van der Waals surface area contributed by atoms with Crippen LogP contribution in [0.3, 0.4) is 0 Å². The first-order chi connectivity index (χ1) is 18.5. The highest BCUT2D eigenvalue weighted by Crippen LogP contribution is 2.37. The van der Waals surface area contributed by atoms with Crippen molar-refractivity contribution in [2.45, 2.75) is 45.4 Å². The van der Waals surface area contributed by atoms with Gasteiger partial charge in [0.2, 0.25) is 5.89 Å². The van der Waals surface area contributed by atoms with E-state index in [-0.39, 0.29) is 12.2 Å². The Hall–Kier alpha value is -3.98. The number of amides is 1.